The highest BCUT2D eigenvalue weighted by Gasteiger charge is 2.34. The molecule has 1 fully saturated rings. The third-order valence-electron chi connectivity index (χ3n) is 7.48. The third kappa shape index (κ3) is 4.25. The Hall–Kier alpha value is -4.42. The quantitative estimate of drug-likeness (QED) is 0.324. The van der Waals surface area contributed by atoms with Crippen LogP contribution in [0.25, 0.3) is 21.1 Å². The number of piperidine rings is 1. The number of hydrogen-bond acceptors (Lipinski definition) is 7. The van der Waals surface area contributed by atoms with Crippen molar-refractivity contribution in [2.24, 2.45) is 0 Å². The van der Waals surface area contributed by atoms with Gasteiger partial charge in [-0.05, 0) is 68.9 Å². The van der Waals surface area contributed by atoms with Crippen LogP contribution >= 0.6 is 11.3 Å². The fourth-order valence-electron chi connectivity index (χ4n) is 5.42. The van der Waals surface area contributed by atoms with Crippen LogP contribution in [0, 0.1) is 5.82 Å². The molecular weight excluding hydrogens is 531 g/mol. The SMILES string of the molecule is CN1CCC(NC(=O)c2sc3ncnc4c3c2NC(=O)N4c2ccc3c(cnn3Cc3cccc(F)c3)c2)CC1. The number of benzene rings is 2. The number of aromatic nitrogens is 4. The van der Waals surface area contributed by atoms with Gasteiger partial charge in [-0.15, -0.1) is 11.3 Å². The molecule has 0 unspecified atom stereocenters. The van der Waals surface area contributed by atoms with Gasteiger partial charge in [0.1, 0.15) is 21.9 Å². The molecule has 5 heterocycles. The molecule has 2 aliphatic rings. The summed E-state index contributed by atoms with van der Waals surface area (Å²) in [5.74, 6) is -0.0805. The molecule has 7 rings (SSSR count). The summed E-state index contributed by atoms with van der Waals surface area (Å²) in [6.45, 7) is 2.27. The second-order valence-electron chi connectivity index (χ2n) is 10.2. The summed E-state index contributed by atoms with van der Waals surface area (Å²) in [4.78, 5) is 40.4. The molecule has 2 aliphatic heterocycles. The molecular formula is C28H25FN8O2S. The molecule has 0 radical (unpaired) electrons. The number of nitrogens with zero attached hydrogens (tertiary/aromatic N) is 6. The Morgan fingerprint density at radius 1 is 1.18 bits per heavy atom. The summed E-state index contributed by atoms with van der Waals surface area (Å²) in [6, 6.07) is 11.7. The fourth-order valence-corrected chi connectivity index (χ4v) is 6.41. The lowest BCUT2D eigenvalue weighted by atomic mass is 10.1. The van der Waals surface area contributed by atoms with E-state index in [1.54, 1.807) is 16.9 Å². The molecule has 5 aromatic rings. The summed E-state index contributed by atoms with van der Waals surface area (Å²) >= 11 is 1.25. The Bertz CT molecular complexity index is 1790. The zero-order chi connectivity index (χ0) is 27.4. The Balaban J connectivity index is 1.21. The van der Waals surface area contributed by atoms with Crippen molar-refractivity contribution in [3.05, 3.63) is 71.2 Å². The number of rotatable bonds is 5. The molecule has 202 valence electrons. The van der Waals surface area contributed by atoms with Crippen molar-refractivity contribution in [1.29, 1.82) is 0 Å². The van der Waals surface area contributed by atoms with Crippen molar-refractivity contribution >= 4 is 61.6 Å². The van der Waals surface area contributed by atoms with E-state index in [9.17, 15) is 14.0 Å². The first-order valence-corrected chi connectivity index (χ1v) is 13.8. The van der Waals surface area contributed by atoms with E-state index in [4.69, 9.17) is 0 Å². The van der Waals surface area contributed by atoms with Crippen LogP contribution in [0.3, 0.4) is 0 Å². The van der Waals surface area contributed by atoms with E-state index < -0.39 is 6.03 Å². The number of likely N-dealkylation sites (tertiary alicyclic amines) is 1. The fraction of sp³-hybridized carbons (Fsp3) is 0.250. The summed E-state index contributed by atoms with van der Waals surface area (Å²) in [7, 11) is 2.08. The lowest BCUT2D eigenvalue weighted by Gasteiger charge is -2.29. The van der Waals surface area contributed by atoms with E-state index in [1.165, 1.54) is 34.7 Å². The van der Waals surface area contributed by atoms with E-state index in [0.29, 0.717) is 38.8 Å². The second kappa shape index (κ2) is 9.65. The van der Waals surface area contributed by atoms with E-state index in [1.807, 2.05) is 24.3 Å². The molecule has 0 bridgehead atoms. The van der Waals surface area contributed by atoms with Gasteiger partial charge in [-0.2, -0.15) is 5.10 Å². The van der Waals surface area contributed by atoms with Crippen LogP contribution in [0.1, 0.15) is 28.1 Å². The van der Waals surface area contributed by atoms with Gasteiger partial charge in [0.2, 0.25) is 0 Å². The number of urea groups is 1. The van der Waals surface area contributed by atoms with Crippen LogP contribution in [-0.4, -0.2) is 62.8 Å². The van der Waals surface area contributed by atoms with E-state index in [2.05, 4.69) is 37.6 Å². The number of nitrogens with one attached hydrogen (secondary N) is 2. The normalized spacial score (nSPS) is 16.1. The number of fused-ring (bicyclic) bond motifs is 1. The molecule has 2 N–H and O–H groups in total. The Morgan fingerprint density at radius 2 is 2.02 bits per heavy atom. The summed E-state index contributed by atoms with van der Waals surface area (Å²) in [6.07, 6.45) is 4.90. The smallest absolute Gasteiger partial charge is 0.332 e. The average molecular weight is 557 g/mol. The molecule has 0 aliphatic carbocycles. The molecule has 40 heavy (non-hydrogen) atoms. The maximum Gasteiger partial charge on any atom is 0.332 e. The van der Waals surface area contributed by atoms with Gasteiger partial charge in [-0.1, -0.05) is 12.1 Å². The lowest BCUT2D eigenvalue weighted by molar-refractivity contribution is 0.0922. The molecule has 0 spiro atoms. The minimum absolute atomic E-state index is 0.0935. The molecule has 3 amide bonds. The largest absolute Gasteiger partial charge is 0.348 e. The zero-order valence-corrected chi connectivity index (χ0v) is 22.4. The number of anilines is 3. The molecule has 1 saturated heterocycles. The van der Waals surface area contributed by atoms with Gasteiger partial charge in [-0.25, -0.2) is 24.1 Å². The molecule has 3 aromatic heterocycles. The summed E-state index contributed by atoms with van der Waals surface area (Å²) in [5.41, 5.74) is 2.70. The summed E-state index contributed by atoms with van der Waals surface area (Å²) in [5, 5.41) is 12.0. The number of carbonyl (C=O) groups excluding carboxylic acids is 2. The topological polar surface area (TPSA) is 108 Å². The van der Waals surface area contributed by atoms with Crippen LogP contribution in [0.4, 0.5) is 26.4 Å². The molecule has 10 nitrogen and oxygen atoms in total. The standard InChI is InChI=1S/C28H25FN8O2S/c1-35-9-7-19(8-10-35)33-26(38)24-23-22-25(30-15-31-27(22)40-24)37(28(39)34-23)20-5-6-21-17(12-20)13-32-36(21)14-16-3-2-4-18(29)11-16/h2-6,11-13,15,19H,7-10,14H2,1H3,(H,33,38)(H,34,39). The Morgan fingerprint density at radius 3 is 2.85 bits per heavy atom. The van der Waals surface area contributed by atoms with Gasteiger partial charge >= 0.3 is 6.03 Å². The van der Waals surface area contributed by atoms with Gasteiger partial charge in [0.05, 0.1) is 35.0 Å². The van der Waals surface area contributed by atoms with Crippen molar-refractivity contribution in [2.75, 3.05) is 30.4 Å². The van der Waals surface area contributed by atoms with Crippen molar-refractivity contribution in [2.45, 2.75) is 25.4 Å². The summed E-state index contributed by atoms with van der Waals surface area (Å²) < 4.78 is 15.5. The van der Waals surface area contributed by atoms with Gasteiger partial charge < -0.3 is 15.5 Å². The second-order valence-corrected chi connectivity index (χ2v) is 11.2. The highest BCUT2D eigenvalue weighted by Crippen LogP contribution is 2.45. The van der Waals surface area contributed by atoms with Crippen molar-refractivity contribution in [3.63, 3.8) is 0 Å². The van der Waals surface area contributed by atoms with Crippen molar-refractivity contribution in [3.8, 4) is 0 Å². The van der Waals surface area contributed by atoms with Gasteiger partial charge in [-0.3, -0.25) is 9.48 Å². The van der Waals surface area contributed by atoms with Gasteiger partial charge in [0, 0.05) is 11.4 Å². The maximum absolute atomic E-state index is 13.7. The van der Waals surface area contributed by atoms with Crippen molar-refractivity contribution in [1.82, 2.24) is 30.0 Å². The minimum Gasteiger partial charge on any atom is -0.348 e. The van der Waals surface area contributed by atoms with Crippen LogP contribution < -0.4 is 15.5 Å². The lowest BCUT2D eigenvalue weighted by Crippen LogP contribution is -2.43. The Kier molecular flexibility index (Phi) is 5.93. The average Bonchev–Trinajstić information content (AvgIpc) is 3.52. The Labute approximate surface area is 232 Å². The van der Waals surface area contributed by atoms with Crippen LogP contribution in [-0.2, 0) is 6.54 Å². The predicted octanol–water partition coefficient (Wildman–Crippen LogP) is 4.74. The highest BCUT2D eigenvalue weighted by atomic mass is 32.1. The van der Waals surface area contributed by atoms with Gasteiger partial charge in [0.15, 0.2) is 5.82 Å². The van der Waals surface area contributed by atoms with Crippen LogP contribution in [0.2, 0.25) is 0 Å². The van der Waals surface area contributed by atoms with E-state index in [0.717, 1.165) is 42.4 Å². The maximum atomic E-state index is 13.7. The number of hydrogen-bond donors (Lipinski definition) is 2. The van der Waals surface area contributed by atoms with E-state index >= 15 is 0 Å². The third-order valence-corrected chi connectivity index (χ3v) is 8.58. The molecule has 12 heteroatoms. The number of carbonyl (C=O) groups is 2. The molecule has 0 saturated carbocycles. The molecule has 2 aromatic carbocycles. The monoisotopic (exact) mass is 556 g/mol. The first-order chi connectivity index (χ1) is 19.4. The predicted molar refractivity (Wildman–Crippen MR) is 152 cm³/mol. The van der Waals surface area contributed by atoms with Crippen molar-refractivity contribution < 1.29 is 14.0 Å². The minimum atomic E-state index is -0.411. The number of halogens is 1. The number of amides is 3. The number of thiophene rings is 1. The first kappa shape index (κ1) is 24.6. The van der Waals surface area contributed by atoms with Crippen LogP contribution in [0.15, 0.2) is 55.0 Å². The first-order valence-electron chi connectivity index (χ1n) is 13.0. The van der Waals surface area contributed by atoms with Crippen LogP contribution in [0.5, 0.6) is 0 Å². The van der Waals surface area contributed by atoms with Gasteiger partial charge in [0.25, 0.3) is 5.91 Å². The molecule has 0 atom stereocenters. The van der Waals surface area contributed by atoms with E-state index in [-0.39, 0.29) is 17.8 Å². The zero-order valence-electron chi connectivity index (χ0n) is 21.6. The highest BCUT2D eigenvalue weighted by molar-refractivity contribution is 7.21.